The SMILES string of the molecule is C[C@H](c1ccccc1F)n1cc(O)cn1. The van der Waals surface area contributed by atoms with Gasteiger partial charge in [-0.15, -0.1) is 0 Å². The minimum Gasteiger partial charge on any atom is -0.505 e. The number of hydrogen-bond acceptors (Lipinski definition) is 2. The normalized spacial score (nSPS) is 12.7. The lowest BCUT2D eigenvalue weighted by Gasteiger charge is -2.12. The van der Waals surface area contributed by atoms with Crippen LogP contribution in [0.3, 0.4) is 0 Å². The molecule has 0 saturated carbocycles. The average molecular weight is 206 g/mol. The van der Waals surface area contributed by atoms with Crippen LogP contribution in [0.15, 0.2) is 36.7 Å². The Morgan fingerprint density at radius 3 is 2.73 bits per heavy atom. The van der Waals surface area contributed by atoms with E-state index in [2.05, 4.69) is 5.10 Å². The van der Waals surface area contributed by atoms with Crippen LogP contribution < -0.4 is 0 Å². The highest BCUT2D eigenvalue weighted by atomic mass is 19.1. The molecule has 2 aromatic rings. The summed E-state index contributed by atoms with van der Waals surface area (Å²) < 4.78 is 15.0. The molecule has 0 bridgehead atoms. The molecule has 78 valence electrons. The second-order valence-electron chi connectivity index (χ2n) is 3.38. The van der Waals surface area contributed by atoms with E-state index in [4.69, 9.17) is 5.11 Å². The van der Waals surface area contributed by atoms with E-state index in [1.54, 1.807) is 18.2 Å². The highest BCUT2D eigenvalue weighted by Gasteiger charge is 2.12. The summed E-state index contributed by atoms with van der Waals surface area (Å²) in [5, 5.41) is 13.1. The van der Waals surface area contributed by atoms with E-state index < -0.39 is 0 Å². The Kier molecular flexibility index (Phi) is 2.41. The molecule has 0 fully saturated rings. The van der Waals surface area contributed by atoms with Gasteiger partial charge in [-0.1, -0.05) is 18.2 Å². The summed E-state index contributed by atoms with van der Waals surface area (Å²) in [6, 6.07) is 6.31. The van der Waals surface area contributed by atoms with Gasteiger partial charge in [0.05, 0.1) is 18.4 Å². The first-order chi connectivity index (χ1) is 7.18. The van der Waals surface area contributed by atoms with Crippen LogP contribution in [0.1, 0.15) is 18.5 Å². The molecule has 0 aliphatic carbocycles. The molecular formula is C11H11FN2O. The van der Waals surface area contributed by atoms with Crippen LogP contribution >= 0.6 is 0 Å². The molecule has 4 heteroatoms. The second-order valence-corrected chi connectivity index (χ2v) is 3.38. The first kappa shape index (κ1) is 9.71. The summed E-state index contributed by atoms with van der Waals surface area (Å²) in [5.74, 6) is -0.182. The predicted molar refractivity (Wildman–Crippen MR) is 54.1 cm³/mol. The fourth-order valence-electron chi connectivity index (χ4n) is 1.50. The summed E-state index contributed by atoms with van der Waals surface area (Å²) >= 11 is 0. The fraction of sp³-hybridized carbons (Fsp3) is 0.182. The van der Waals surface area contributed by atoms with Crippen molar-refractivity contribution in [1.29, 1.82) is 0 Å². The number of rotatable bonds is 2. The Labute approximate surface area is 86.8 Å². The van der Waals surface area contributed by atoms with E-state index in [-0.39, 0.29) is 17.6 Å². The first-order valence-electron chi connectivity index (χ1n) is 4.66. The van der Waals surface area contributed by atoms with Gasteiger partial charge >= 0.3 is 0 Å². The summed E-state index contributed by atoms with van der Waals surface area (Å²) in [6.07, 6.45) is 2.80. The maximum Gasteiger partial charge on any atom is 0.153 e. The van der Waals surface area contributed by atoms with E-state index in [0.717, 1.165) is 0 Å². The molecule has 1 heterocycles. The minimum atomic E-state index is -0.264. The maximum atomic E-state index is 13.4. The average Bonchev–Trinajstić information content (AvgIpc) is 2.65. The Balaban J connectivity index is 2.36. The van der Waals surface area contributed by atoms with Crippen LogP contribution in [0.5, 0.6) is 5.75 Å². The molecule has 0 amide bonds. The van der Waals surface area contributed by atoms with Crippen molar-refractivity contribution in [3.8, 4) is 5.75 Å². The van der Waals surface area contributed by atoms with Gasteiger partial charge in [0.1, 0.15) is 5.82 Å². The Morgan fingerprint density at radius 2 is 2.13 bits per heavy atom. The molecule has 2 rings (SSSR count). The minimum absolute atomic E-state index is 0.0817. The second kappa shape index (κ2) is 3.73. The number of nitrogens with zero attached hydrogens (tertiary/aromatic N) is 2. The van der Waals surface area contributed by atoms with Crippen molar-refractivity contribution in [2.45, 2.75) is 13.0 Å². The third-order valence-corrected chi connectivity index (χ3v) is 2.34. The molecule has 1 atom stereocenters. The molecule has 0 aliphatic rings. The van der Waals surface area contributed by atoms with E-state index in [9.17, 15) is 4.39 Å². The van der Waals surface area contributed by atoms with Crippen molar-refractivity contribution >= 4 is 0 Å². The zero-order chi connectivity index (χ0) is 10.8. The van der Waals surface area contributed by atoms with E-state index in [1.807, 2.05) is 6.92 Å². The Morgan fingerprint density at radius 1 is 1.40 bits per heavy atom. The standard InChI is InChI=1S/C11H11FN2O/c1-8(14-7-9(15)6-13-14)10-4-2-3-5-11(10)12/h2-8,15H,1H3/t8-/m1/s1. The molecule has 0 saturated heterocycles. The van der Waals surface area contributed by atoms with Crippen LogP contribution in [-0.2, 0) is 0 Å². The van der Waals surface area contributed by atoms with Crippen LogP contribution in [0.25, 0.3) is 0 Å². The van der Waals surface area contributed by atoms with Crippen molar-refractivity contribution in [3.05, 3.63) is 48.0 Å². The van der Waals surface area contributed by atoms with Gasteiger partial charge in [-0.25, -0.2) is 4.39 Å². The summed E-state index contributed by atoms with van der Waals surface area (Å²) in [7, 11) is 0. The molecule has 0 unspecified atom stereocenters. The highest BCUT2D eigenvalue weighted by Crippen LogP contribution is 2.21. The lowest BCUT2D eigenvalue weighted by molar-refractivity contribution is 0.470. The van der Waals surface area contributed by atoms with Gasteiger partial charge in [-0.2, -0.15) is 5.10 Å². The smallest absolute Gasteiger partial charge is 0.153 e. The molecule has 0 aliphatic heterocycles. The maximum absolute atomic E-state index is 13.4. The lowest BCUT2D eigenvalue weighted by Crippen LogP contribution is -2.08. The van der Waals surface area contributed by atoms with Crippen LogP contribution in [-0.4, -0.2) is 14.9 Å². The molecule has 0 spiro atoms. The van der Waals surface area contributed by atoms with E-state index in [1.165, 1.54) is 23.1 Å². The molecule has 1 aromatic heterocycles. The quantitative estimate of drug-likeness (QED) is 0.818. The monoisotopic (exact) mass is 206 g/mol. The molecule has 3 nitrogen and oxygen atoms in total. The largest absolute Gasteiger partial charge is 0.505 e. The number of aromatic hydroxyl groups is 1. The van der Waals surface area contributed by atoms with Crippen molar-refractivity contribution in [2.24, 2.45) is 0 Å². The zero-order valence-corrected chi connectivity index (χ0v) is 8.26. The van der Waals surface area contributed by atoms with Crippen LogP contribution in [0.4, 0.5) is 4.39 Å². The molecule has 0 radical (unpaired) electrons. The first-order valence-corrected chi connectivity index (χ1v) is 4.66. The van der Waals surface area contributed by atoms with E-state index in [0.29, 0.717) is 5.56 Å². The molecule has 1 aromatic carbocycles. The Bertz CT molecular complexity index is 467. The summed E-state index contributed by atoms with van der Waals surface area (Å²) in [4.78, 5) is 0. The molecular weight excluding hydrogens is 195 g/mol. The summed E-state index contributed by atoms with van der Waals surface area (Å²) in [6.45, 7) is 1.82. The summed E-state index contributed by atoms with van der Waals surface area (Å²) in [5.41, 5.74) is 0.556. The van der Waals surface area contributed by atoms with Gasteiger partial charge in [-0.05, 0) is 13.0 Å². The van der Waals surface area contributed by atoms with Crippen molar-refractivity contribution in [2.75, 3.05) is 0 Å². The van der Waals surface area contributed by atoms with Gasteiger partial charge in [0, 0.05) is 5.56 Å². The Hall–Kier alpha value is -1.84. The highest BCUT2D eigenvalue weighted by molar-refractivity contribution is 5.22. The van der Waals surface area contributed by atoms with Crippen molar-refractivity contribution < 1.29 is 9.50 Å². The fourth-order valence-corrected chi connectivity index (χ4v) is 1.50. The third kappa shape index (κ3) is 1.83. The molecule has 15 heavy (non-hydrogen) atoms. The van der Waals surface area contributed by atoms with Gasteiger partial charge in [0.15, 0.2) is 5.75 Å². The number of benzene rings is 1. The van der Waals surface area contributed by atoms with Gasteiger partial charge in [-0.3, -0.25) is 4.68 Å². The van der Waals surface area contributed by atoms with E-state index >= 15 is 0 Å². The van der Waals surface area contributed by atoms with Crippen molar-refractivity contribution in [1.82, 2.24) is 9.78 Å². The third-order valence-electron chi connectivity index (χ3n) is 2.34. The number of halogens is 1. The van der Waals surface area contributed by atoms with Crippen LogP contribution in [0.2, 0.25) is 0 Å². The molecule has 1 N–H and O–H groups in total. The van der Waals surface area contributed by atoms with Gasteiger partial charge < -0.3 is 5.11 Å². The van der Waals surface area contributed by atoms with Gasteiger partial charge in [0.25, 0.3) is 0 Å². The number of hydrogen-bond donors (Lipinski definition) is 1. The number of aromatic nitrogens is 2. The van der Waals surface area contributed by atoms with Gasteiger partial charge in [0.2, 0.25) is 0 Å². The van der Waals surface area contributed by atoms with Crippen molar-refractivity contribution in [3.63, 3.8) is 0 Å². The zero-order valence-electron chi connectivity index (χ0n) is 8.26. The topological polar surface area (TPSA) is 38.0 Å². The van der Waals surface area contributed by atoms with Crippen LogP contribution in [0, 0.1) is 5.82 Å². The lowest BCUT2D eigenvalue weighted by atomic mass is 10.1. The predicted octanol–water partition coefficient (Wildman–Crippen LogP) is 2.34.